The molecule has 1 unspecified atom stereocenters. The standard InChI is InChI=1S/C19H35N5O/c1-6-20-18(21-10-12-24-11-8-7-9-15(24)2)23-14-17-22-13-16(25-17)19(3,4)5/h13,15H,6-12,14H2,1-5H3,(H2,20,21,23). The Morgan fingerprint density at radius 3 is 2.80 bits per heavy atom. The van der Waals surface area contributed by atoms with Gasteiger partial charge in [0.2, 0.25) is 5.89 Å². The number of guanidine groups is 1. The monoisotopic (exact) mass is 349 g/mol. The van der Waals surface area contributed by atoms with E-state index in [0.717, 1.165) is 31.4 Å². The zero-order valence-electron chi connectivity index (χ0n) is 16.6. The second-order valence-electron chi connectivity index (χ2n) is 7.87. The van der Waals surface area contributed by atoms with Crippen molar-refractivity contribution in [3.8, 4) is 0 Å². The predicted octanol–water partition coefficient (Wildman–Crippen LogP) is 2.90. The van der Waals surface area contributed by atoms with Gasteiger partial charge in [-0.1, -0.05) is 27.2 Å². The molecule has 2 heterocycles. The number of nitrogens with one attached hydrogen (secondary N) is 2. The van der Waals surface area contributed by atoms with Gasteiger partial charge < -0.3 is 15.1 Å². The van der Waals surface area contributed by atoms with Crippen LogP contribution in [0.15, 0.2) is 15.6 Å². The van der Waals surface area contributed by atoms with Gasteiger partial charge in [-0.25, -0.2) is 9.98 Å². The molecule has 0 saturated carbocycles. The predicted molar refractivity (Wildman–Crippen MR) is 103 cm³/mol. The zero-order valence-corrected chi connectivity index (χ0v) is 16.6. The SMILES string of the molecule is CCNC(=NCc1ncc(C(C)(C)C)o1)NCCN1CCCCC1C. The molecule has 1 saturated heterocycles. The van der Waals surface area contributed by atoms with Gasteiger partial charge in [0.15, 0.2) is 5.96 Å². The van der Waals surface area contributed by atoms with Gasteiger partial charge in [0.25, 0.3) is 0 Å². The van der Waals surface area contributed by atoms with Crippen LogP contribution in [0.2, 0.25) is 0 Å². The van der Waals surface area contributed by atoms with Crippen molar-refractivity contribution in [3.63, 3.8) is 0 Å². The van der Waals surface area contributed by atoms with E-state index in [1.165, 1.54) is 25.8 Å². The van der Waals surface area contributed by atoms with Crippen molar-refractivity contribution in [2.45, 2.75) is 71.9 Å². The fourth-order valence-corrected chi connectivity index (χ4v) is 3.03. The van der Waals surface area contributed by atoms with Crippen LogP contribution in [0.4, 0.5) is 0 Å². The van der Waals surface area contributed by atoms with Crippen molar-refractivity contribution in [2.24, 2.45) is 4.99 Å². The molecule has 0 spiro atoms. The fraction of sp³-hybridized carbons (Fsp3) is 0.789. The average molecular weight is 350 g/mol. The van der Waals surface area contributed by atoms with Gasteiger partial charge in [-0.3, -0.25) is 4.90 Å². The lowest BCUT2D eigenvalue weighted by atomic mass is 9.94. The first-order chi connectivity index (χ1) is 11.9. The molecule has 2 rings (SSSR count). The third kappa shape index (κ3) is 6.34. The number of hydrogen-bond donors (Lipinski definition) is 2. The number of hydrogen-bond acceptors (Lipinski definition) is 4. The lowest BCUT2D eigenvalue weighted by molar-refractivity contribution is 0.163. The Morgan fingerprint density at radius 2 is 2.16 bits per heavy atom. The maximum Gasteiger partial charge on any atom is 0.216 e. The van der Waals surface area contributed by atoms with Crippen LogP contribution < -0.4 is 10.6 Å². The summed E-state index contributed by atoms with van der Waals surface area (Å²) in [4.78, 5) is 11.5. The molecule has 142 valence electrons. The van der Waals surface area contributed by atoms with Crippen molar-refractivity contribution in [1.82, 2.24) is 20.5 Å². The maximum atomic E-state index is 5.81. The van der Waals surface area contributed by atoms with Crippen LogP contribution in [0.5, 0.6) is 0 Å². The molecule has 25 heavy (non-hydrogen) atoms. The Balaban J connectivity index is 1.84. The van der Waals surface area contributed by atoms with E-state index in [-0.39, 0.29) is 5.41 Å². The summed E-state index contributed by atoms with van der Waals surface area (Å²) in [5, 5.41) is 6.71. The summed E-state index contributed by atoms with van der Waals surface area (Å²) >= 11 is 0. The van der Waals surface area contributed by atoms with Crippen LogP contribution >= 0.6 is 0 Å². The third-order valence-corrected chi connectivity index (χ3v) is 4.64. The summed E-state index contributed by atoms with van der Waals surface area (Å²) in [6, 6.07) is 0.693. The molecular formula is C19H35N5O. The molecule has 0 bridgehead atoms. The van der Waals surface area contributed by atoms with Crippen LogP contribution in [-0.4, -0.2) is 48.1 Å². The lowest BCUT2D eigenvalue weighted by Crippen LogP contribution is -2.45. The molecule has 1 aromatic rings. The molecular weight excluding hydrogens is 314 g/mol. The summed E-state index contributed by atoms with van der Waals surface area (Å²) in [6.45, 7) is 15.2. The smallest absolute Gasteiger partial charge is 0.216 e. The quantitative estimate of drug-likeness (QED) is 0.611. The average Bonchev–Trinajstić information content (AvgIpc) is 3.03. The highest BCUT2D eigenvalue weighted by Gasteiger charge is 2.19. The molecule has 6 heteroatoms. The molecule has 2 N–H and O–H groups in total. The highest BCUT2D eigenvalue weighted by molar-refractivity contribution is 5.79. The summed E-state index contributed by atoms with van der Waals surface area (Å²) in [6.07, 6.45) is 5.80. The van der Waals surface area contributed by atoms with Gasteiger partial charge in [0, 0.05) is 31.1 Å². The first-order valence-electron chi connectivity index (χ1n) is 9.61. The number of nitrogens with zero attached hydrogens (tertiary/aromatic N) is 3. The first kappa shape index (κ1) is 19.8. The highest BCUT2D eigenvalue weighted by Crippen LogP contribution is 2.22. The van der Waals surface area contributed by atoms with E-state index in [4.69, 9.17) is 4.42 Å². The molecule has 0 radical (unpaired) electrons. The van der Waals surface area contributed by atoms with E-state index in [9.17, 15) is 0 Å². The Hall–Kier alpha value is -1.56. The van der Waals surface area contributed by atoms with Gasteiger partial charge >= 0.3 is 0 Å². The minimum atomic E-state index is -0.0250. The third-order valence-electron chi connectivity index (χ3n) is 4.64. The van der Waals surface area contributed by atoms with Crippen molar-refractivity contribution in [1.29, 1.82) is 0 Å². The van der Waals surface area contributed by atoms with E-state index in [1.807, 2.05) is 6.20 Å². The van der Waals surface area contributed by atoms with E-state index < -0.39 is 0 Å². The first-order valence-corrected chi connectivity index (χ1v) is 9.61. The van der Waals surface area contributed by atoms with Gasteiger partial charge in [-0.2, -0.15) is 0 Å². The van der Waals surface area contributed by atoms with Crippen LogP contribution in [0, 0.1) is 0 Å². The van der Waals surface area contributed by atoms with E-state index >= 15 is 0 Å². The van der Waals surface area contributed by atoms with Crippen molar-refractivity contribution < 1.29 is 4.42 Å². The largest absolute Gasteiger partial charge is 0.443 e. The Morgan fingerprint density at radius 1 is 1.36 bits per heavy atom. The van der Waals surface area contributed by atoms with Gasteiger partial charge in [0.1, 0.15) is 12.3 Å². The van der Waals surface area contributed by atoms with Crippen molar-refractivity contribution in [3.05, 3.63) is 17.8 Å². The normalized spacial score (nSPS) is 19.9. The number of piperidine rings is 1. The molecule has 1 aromatic heterocycles. The molecule has 0 amide bonds. The topological polar surface area (TPSA) is 65.7 Å². The number of rotatable bonds is 6. The maximum absolute atomic E-state index is 5.81. The van der Waals surface area contributed by atoms with E-state index in [1.54, 1.807) is 0 Å². The van der Waals surface area contributed by atoms with Crippen molar-refractivity contribution in [2.75, 3.05) is 26.2 Å². The Kier molecular flexibility index (Phi) is 7.29. The number of oxazole rings is 1. The van der Waals surface area contributed by atoms with Crippen LogP contribution in [0.3, 0.4) is 0 Å². The zero-order chi connectivity index (χ0) is 18.3. The number of aromatic nitrogens is 1. The van der Waals surface area contributed by atoms with E-state index in [0.29, 0.717) is 18.5 Å². The minimum absolute atomic E-state index is 0.0250. The van der Waals surface area contributed by atoms with Crippen LogP contribution in [-0.2, 0) is 12.0 Å². The molecule has 1 atom stereocenters. The van der Waals surface area contributed by atoms with Crippen LogP contribution in [0.25, 0.3) is 0 Å². The van der Waals surface area contributed by atoms with Crippen LogP contribution in [0.1, 0.15) is 65.5 Å². The molecule has 6 nitrogen and oxygen atoms in total. The molecule has 0 aliphatic carbocycles. The summed E-state index contributed by atoms with van der Waals surface area (Å²) in [5.74, 6) is 2.38. The Bertz CT molecular complexity index is 546. The summed E-state index contributed by atoms with van der Waals surface area (Å²) < 4.78 is 5.81. The summed E-state index contributed by atoms with van der Waals surface area (Å²) in [7, 11) is 0. The van der Waals surface area contributed by atoms with Gasteiger partial charge in [-0.05, 0) is 33.2 Å². The van der Waals surface area contributed by atoms with E-state index in [2.05, 4.69) is 60.1 Å². The molecule has 1 aliphatic heterocycles. The molecule has 1 fully saturated rings. The van der Waals surface area contributed by atoms with Gasteiger partial charge in [0.05, 0.1) is 6.20 Å². The molecule has 1 aliphatic rings. The second kappa shape index (κ2) is 9.22. The number of aliphatic imine (C=N–C) groups is 1. The Labute approximate surface area is 152 Å². The number of likely N-dealkylation sites (tertiary alicyclic amines) is 1. The summed E-state index contributed by atoms with van der Waals surface area (Å²) in [5.41, 5.74) is -0.0250. The lowest BCUT2D eigenvalue weighted by Gasteiger charge is -2.33. The fourth-order valence-electron chi connectivity index (χ4n) is 3.03. The van der Waals surface area contributed by atoms with Gasteiger partial charge in [-0.15, -0.1) is 0 Å². The second-order valence-corrected chi connectivity index (χ2v) is 7.87. The highest BCUT2D eigenvalue weighted by atomic mass is 16.4. The van der Waals surface area contributed by atoms with Crippen molar-refractivity contribution >= 4 is 5.96 Å². The minimum Gasteiger partial charge on any atom is -0.443 e. The molecule has 0 aromatic carbocycles.